The highest BCUT2D eigenvalue weighted by Crippen LogP contribution is 2.02. The molecular formula is C13H28ClN3O2. The number of hydrogen-bond acceptors (Lipinski definition) is 3. The van der Waals surface area contributed by atoms with Crippen molar-refractivity contribution in [2.45, 2.75) is 33.6 Å². The number of halogens is 1. The molecule has 2 amide bonds. The quantitative estimate of drug-likeness (QED) is 0.667. The predicted octanol–water partition coefficient (Wildman–Crippen LogP) is 1.03. The van der Waals surface area contributed by atoms with Crippen molar-refractivity contribution in [2.75, 3.05) is 33.2 Å². The standard InChI is InChI=1S/C13H27N3O2.ClH/c1-5-7-15-12(17)10-16(8-6-2)13(18)11(3)9-14-4;/h11,14H,5-10H2,1-4H3,(H,15,17);1H. The van der Waals surface area contributed by atoms with Gasteiger partial charge in [-0.15, -0.1) is 12.4 Å². The van der Waals surface area contributed by atoms with Gasteiger partial charge in [-0.1, -0.05) is 20.8 Å². The molecule has 6 heteroatoms. The number of carbonyl (C=O) groups is 2. The van der Waals surface area contributed by atoms with Crippen LogP contribution in [0.4, 0.5) is 0 Å². The third kappa shape index (κ3) is 8.83. The molecule has 0 bridgehead atoms. The Morgan fingerprint density at radius 2 is 1.84 bits per heavy atom. The molecule has 0 heterocycles. The van der Waals surface area contributed by atoms with Crippen LogP contribution in [0.1, 0.15) is 33.6 Å². The minimum atomic E-state index is -0.0967. The van der Waals surface area contributed by atoms with Gasteiger partial charge in [0.25, 0.3) is 0 Å². The van der Waals surface area contributed by atoms with Crippen LogP contribution in [0.25, 0.3) is 0 Å². The van der Waals surface area contributed by atoms with Gasteiger partial charge in [-0.25, -0.2) is 0 Å². The fourth-order valence-corrected chi connectivity index (χ4v) is 1.74. The highest BCUT2D eigenvalue weighted by atomic mass is 35.5. The van der Waals surface area contributed by atoms with Gasteiger partial charge in [0.1, 0.15) is 0 Å². The SMILES string of the molecule is CCCNC(=O)CN(CCC)C(=O)C(C)CNC.Cl. The highest BCUT2D eigenvalue weighted by Gasteiger charge is 2.21. The monoisotopic (exact) mass is 293 g/mol. The third-order valence-electron chi connectivity index (χ3n) is 2.64. The molecule has 1 atom stereocenters. The molecule has 0 aromatic rings. The van der Waals surface area contributed by atoms with Crippen LogP contribution in [0.2, 0.25) is 0 Å². The molecule has 2 N–H and O–H groups in total. The van der Waals surface area contributed by atoms with E-state index in [1.54, 1.807) is 4.90 Å². The molecule has 5 nitrogen and oxygen atoms in total. The van der Waals surface area contributed by atoms with Crippen LogP contribution < -0.4 is 10.6 Å². The lowest BCUT2D eigenvalue weighted by molar-refractivity contribution is -0.138. The first-order valence-corrected chi connectivity index (χ1v) is 6.76. The van der Waals surface area contributed by atoms with Crippen molar-refractivity contribution < 1.29 is 9.59 Å². The van der Waals surface area contributed by atoms with Crippen LogP contribution in [-0.4, -0.2) is 49.9 Å². The van der Waals surface area contributed by atoms with Crippen LogP contribution in [-0.2, 0) is 9.59 Å². The van der Waals surface area contributed by atoms with Gasteiger partial charge in [0, 0.05) is 25.6 Å². The molecule has 0 fully saturated rings. The van der Waals surface area contributed by atoms with E-state index in [9.17, 15) is 9.59 Å². The van der Waals surface area contributed by atoms with Gasteiger partial charge < -0.3 is 15.5 Å². The van der Waals surface area contributed by atoms with Crippen LogP contribution in [0.3, 0.4) is 0 Å². The number of hydrogen-bond donors (Lipinski definition) is 2. The summed E-state index contributed by atoms with van der Waals surface area (Å²) in [6.07, 6.45) is 1.77. The average molecular weight is 294 g/mol. The fourth-order valence-electron chi connectivity index (χ4n) is 1.74. The molecule has 0 saturated heterocycles. The van der Waals surface area contributed by atoms with Crippen molar-refractivity contribution in [1.82, 2.24) is 15.5 Å². The molecule has 114 valence electrons. The van der Waals surface area contributed by atoms with Crippen LogP contribution in [0.15, 0.2) is 0 Å². The smallest absolute Gasteiger partial charge is 0.239 e. The number of nitrogens with one attached hydrogen (secondary N) is 2. The van der Waals surface area contributed by atoms with Gasteiger partial charge in [-0.2, -0.15) is 0 Å². The molecule has 0 spiro atoms. The second-order valence-electron chi connectivity index (χ2n) is 4.57. The lowest BCUT2D eigenvalue weighted by Crippen LogP contribution is -2.44. The maximum absolute atomic E-state index is 12.1. The molecule has 0 aliphatic rings. The first-order valence-electron chi connectivity index (χ1n) is 6.76. The average Bonchev–Trinajstić information content (AvgIpc) is 2.35. The predicted molar refractivity (Wildman–Crippen MR) is 80.5 cm³/mol. The molecule has 1 unspecified atom stereocenters. The van der Waals surface area contributed by atoms with Gasteiger partial charge in [0.2, 0.25) is 11.8 Å². The highest BCUT2D eigenvalue weighted by molar-refractivity contribution is 5.86. The maximum Gasteiger partial charge on any atom is 0.239 e. The van der Waals surface area contributed by atoms with E-state index in [0.29, 0.717) is 19.6 Å². The number of nitrogens with zero attached hydrogens (tertiary/aromatic N) is 1. The van der Waals surface area contributed by atoms with Gasteiger partial charge in [-0.3, -0.25) is 9.59 Å². The number of rotatable bonds is 9. The van der Waals surface area contributed by atoms with Gasteiger partial charge >= 0.3 is 0 Å². The van der Waals surface area contributed by atoms with Crippen LogP contribution in [0, 0.1) is 5.92 Å². The van der Waals surface area contributed by atoms with Crippen molar-refractivity contribution in [3.63, 3.8) is 0 Å². The minimum Gasteiger partial charge on any atom is -0.355 e. The Kier molecular flexibility index (Phi) is 13.2. The zero-order chi connectivity index (χ0) is 14.0. The van der Waals surface area contributed by atoms with Gasteiger partial charge in [0.15, 0.2) is 0 Å². The van der Waals surface area contributed by atoms with Gasteiger partial charge in [-0.05, 0) is 19.9 Å². The largest absolute Gasteiger partial charge is 0.355 e. The minimum absolute atomic E-state index is 0. The molecule has 19 heavy (non-hydrogen) atoms. The van der Waals surface area contributed by atoms with E-state index < -0.39 is 0 Å². The summed E-state index contributed by atoms with van der Waals surface area (Å²) in [6, 6.07) is 0. The third-order valence-corrected chi connectivity index (χ3v) is 2.64. The van der Waals surface area contributed by atoms with E-state index in [4.69, 9.17) is 0 Å². The Hall–Kier alpha value is -0.810. The maximum atomic E-state index is 12.1. The topological polar surface area (TPSA) is 61.4 Å². The van der Waals surface area contributed by atoms with E-state index in [2.05, 4.69) is 10.6 Å². The Labute approximate surface area is 122 Å². The summed E-state index contributed by atoms with van der Waals surface area (Å²) in [5.74, 6) is -0.131. The molecule has 0 rings (SSSR count). The summed E-state index contributed by atoms with van der Waals surface area (Å²) in [4.78, 5) is 25.4. The number of carbonyl (C=O) groups excluding carboxylic acids is 2. The molecule has 0 aromatic carbocycles. The first-order chi connectivity index (χ1) is 8.56. The fraction of sp³-hybridized carbons (Fsp3) is 0.846. The number of amides is 2. The van der Waals surface area contributed by atoms with E-state index in [1.807, 2.05) is 27.8 Å². The summed E-state index contributed by atoms with van der Waals surface area (Å²) in [6.45, 7) is 7.99. The molecule has 0 radical (unpaired) electrons. The summed E-state index contributed by atoms with van der Waals surface area (Å²) in [5, 5.41) is 5.78. The van der Waals surface area contributed by atoms with E-state index >= 15 is 0 Å². The summed E-state index contributed by atoms with van der Waals surface area (Å²) >= 11 is 0. The summed E-state index contributed by atoms with van der Waals surface area (Å²) < 4.78 is 0. The van der Waals surface area contributed by atoms with Gasteiger partial charge in [0.05, 0.1) is 6.54 Å². The summed E-state index contributed by atoms with van der Waals surface area (Å²) in [5.41, 5.74) is 0. The van der Waals surface area contributed by atoms with E-state index in [0.717, 1.165) is 12.8 Å². The Balaban J connectivity index is 0. The lowest BCUT2D eigenvalue weighted by Gasteiger charge is -2.24. The van der Waals surface area contributed by atoms with E-state index in [1.165, 1.54) is 0 Å². The zero-order valence-corrected chi connectivity index (χ0v) is 13.3. The molecule has 0 aromatic heterocycles. The second kappa shape index (κ2) is 12.2. The van der Waals surface area contributed by atoms with Crippen molar-refractivity contribution in [2.24, 2.45) is 5.92 Å². The normalized spacial score (nSPS) is 11.4. The zero-order valence-electron chi connectivity index (χ0n) is 12.5. The Morgan fingerprint density at radius 3 is 2.32 bits per heavy atom. The first kappa shape index (κ1) is 20.5. The Bertz CT molecular complexity index is 262. The Morgan fingerprint density at radius 1 is 1.21 bits per heavy atom. The molecule has 0 saturated carbocycles. The molecule has 0 aliphatic carbocycles. The summed E-state index contributed by atoms with van der Waals surface area (Å²) in [7, 11) is 1.82. The molecular weight excluding hydrogens is 266 g/mol. The second-order valence-corrected chi connectivity index (χ2v) is 4.57. The van der Waals surface area contributed by atoms with Crippen LogP contribution >= 0.6 is 12.4 Å². The molecule has 0 aliphatic heterocycles. The van der Waals surface area contributed by atoms with Crippen molar-refractivity contribution in [3.8, 4) is 0 Å². The van der Waals surface area contributed by atoms with Crippen molar-refractivity contribution in [3.05, 3.63) is 0 Å². The van der Waals surface area contributed by atoms with Crippen molar-refractivity contribution in [1.29, 1.82) is 0 Å². The lowest BCUT2D eigenvalue weighted by atomic mass is 10.1. The van der Waals surface area contributed by atoms with Crippen molar-refractivity contribution >= 4 is 24.2 Å². The van der Waals surface area contributed by atoms with E-state index in [-0.39, 0.29) is 36.7 Å². The van der Waals surface area contributed by atoms with Crippen LogP contribution in [0.5, 0.6) is 0 Å².